The summed E-state index contributed by atoms with van der Waals surface area (Å²) >= 11 is 0. The van der Waals surface area contributed by atoms with Crippen molar-refractivity contribution in [1.29, 1.82) is 0 Å². The van der Waals surface area contributed by atoms with Crippen molar-refractivity contribution in [2.45, 2.75) is 24.0 Å². The van der Waals surface area contributed by atoms with Crippen molar-refractivity contribution in [3.63, 3.8) is 0 Å². The molecule has 1 aromatic rings. The van der Waals surface area contributed by atoms with E-state index in [9.17, 15) is 12.8 Å². The van der Waals surface area contributed by atoms with Gasteiger partial charge in [-0.1, -0.05) is 12.1 Å². The van der Waals surface area contributed by atoms with E-state index < -0.39 is 16.7 Å². The van der Waals surface area contributed by atoms with Crippen LogP contribution in [0.1, 0.15) is 12.0 Å². The number of rotatable bonds is 4. The zero-order valence-corrected chi connectivity index (χ0v) is 11.4. The zero-order chi connectivity index (χ0) is 13.5. The third-order valence-corrected chi connectivity index (χ3v) is 5.53. The minimum Gasteiger partial charge on any atom is -0.301 e. The maximum atomic E-state index is 12.4. The number of fused-ring (bicyclic) bond motifs is 2. The van der Waals surface area contributed by atoms with Gasteiger partial charge in [0.05, 0.1) is 4.90 Å². The number of alkyl halides is 1. The molecule has 19 heavy (non-hydrogen) atoms. The van der Waals surface area contributed by atoms with Crippen molar-refractivity contribution in [2.75, 3.05) is 19.6 Å². The van der Waals surface area contributed by atoms with E-state index >= 15 is 0 Å². The summed E-state index contributed by atoms with van der Waals surface area (Å²) in [5.74, 6) is 0.430. The van der Waals surface area contributed by atoms with Gasteiger partial charge in [0, 0.05) is 19.1 Å². The van der Waals surface area contributed by atoms with Gasteiger partial charge in [0.15, 0.2) is 0 Å². The van der Waals surface area contributed by atoms with Crippen molar-refractivity contribution < 1.29 is 12.8 Å². The third-order valence-electron chi connectivity index (χ3n) is 4.03. The molecule has 2 fully saturated rings. The lowest BCUT2D eigenvalue weighted by atomic mass is 10.0. The van der Waals surface area contributed by atoms with E-state index in [2.05, 4.69) is 9.62 Å². The van der Waals surface area contributed by atoms with Crippen LogP contribution in [-0.2, 0) is 16.7 Å². The van der Waals surface area contributed by atoms with Gasteiger partial charge >= 0.3 is 0 Å². The van der Waals surface area contributed by atoms with Crippen LogP contribution in [0.15, 0.2) is 29.2 Å². The number of nitrogens with zero attached hydrogens (tertiary/aromatic N) is 1. The van der Waals surface area contributed by atoms with Crippen LogP contribution in [0.4, 0.5) is 4.39 Å². The summed E-state index contributed by atoms with van der Waals surface area (Å²) < 4.78 is 39.7. The van der Waals surface area contributed by atoms with Gasteiger partial charge in [-0.05, 0) is 36.6 Å². The SMILES string of the molecule is O=S(=O)(NC1CN2CCC1C2)c1ccc(CF)cc1. The number of hydrogen-bond acceptors (Lipinski definition) is 3. The van der Waals surface area contributed by atoms with Gasteiger partial charge in [0.1, 0.15) is 6.67 Å². The third kappa shape index (κ3) is 2.52. The smallest absolute Gasteiger partial charge is 0.240 e. The van der Waals surface area contributed by atoms with E-state index in [0.717, 1.165) is 26.1 Å². The second-order valence-corrected chi connectivity index (χ2v) is 7.03. The molecule has 1 N–H and O–H groups in total. The summed E-state index contributed by atoms with van der Waals surface area (Å²) in [5, 5.41) is 0. The van der Waals surface area contributed by atoms with Crippen molar-refractivity contribution in [2.24, 2.45) is 5.92 Å². The first-order valence-corrected chi connectivity index (χ1v) is 7.96. The molecule has 2 aliphatic rings. The normalized spacial score (nSPS) is 29.8. The summed E-state index contributed by atoms with van der Waals surface area (Å²) in [6.07, 6.45) is 1.06. The highest BCUT2D eigenvalue weighted by Gasteiger charge is 2.39. The first-order valence-electron chi connectivity index (χ1n) is 6.48. The lowest BCUT2D eigenvalue weighted by Crippen LogP contribution is -2.43. The Morgan fingerprint density at radius 3 is 2.53 bits per heavy atom. The highest BCUT2D eigenvalue weighted by atomic mass is 32.2. The Kier molecular flexibility index (Phi) is 3.32. The number of hydrogen-bond donors (Lipinski definition) is 1. The number of nitrogens with one attached hydrogen (secondary N) is 1. The molecular formula is C13H17FN2O2S. The van der Waals surface area contributed by atoms with Gasteiger partial charge in [-0.25, -0.2) is 17.5 Å². The van der Waals surface area contributed by atoms with E-state index in [-0.39, 0.29) is 10.9 Å². The minimum atomic E-state index is -3.49. The van der Waals surface area contributed by atoms with Crippen LogP contribution in [0, 0.1) is 5.92 Å². The Labute approximate surface area is 112 Å². The Bertz CT molecular complexity index is 559. The van der Waals surface area contributed by atoms with Crippen molar-refractivity contribution in [3.8, 4) is 0 Å². The largest absolute Gasteiger partial charge is 0.301 e. The van der Waals surface area contributed by atoms with E-state index in [0.29, 0.717) is 11.5 Å². The zero-order valence-electron chi connectivity index (χ0n) is 10.5. The Hall–Kier alpha value is -0.980. The maximum absolute atomic E-state index is 12.4. The number of benzene rings is 1. The molecule has 0 saturated carbocycles. The predicted molar refractivity (Wildman–Crippen MR) is 69.9 cm³/mol. The first kappa shape index (κ1) is 13.0. The van der Waals surface area contributed by atoms with Gasteiger partial charge in [0.25, 0.3) is 0 Å². The Morgan fingerprint density at radius 2 is 2.00 bits per heavy atom. The monoisotopic (exact) mass is 284 g/mol. The predicted octanol–water partition coefficient (Wildman–Crippen LogP) is 1.14. The molecule has 3 rings (SSSR count). The van der Waals surface area contributed by atoms with Gasteiger partial charge < -0.3 is 4.90 Å². The fourth-order valence-corrected chi connectivity index (χ4v) is 4.24. The van der Waals surface area contributed by atoms with Crippen LogP contribution >= 0.6 is 0 Å². The first-order chi connectivity index (χ1) is 9.08. The molecule has 6 heteroatoms. The van der Waals surface area contributed by atoms with Crippen LogP contribution in [0.2, 0.25) is 0 Å². The maximum Gasteiger partial charge on any atom is 0.240 e. The second kappa shape index (κ2) is 4.85. The molecule has 2 bridgehead atoms. The second-order valence-electron chi connectivity index (χ2n) is 5.31. The van der Waals surface area contributed by atoms with E-state index in [1.54, 1.807) is 0 Å². The molecular weight excluding hydrogens is 267 g/mol. The highest BCUT2D eigenvalue weighted by molar-refractivity contribution is 7.89. The molecule has 2 heterocycles. The van der Waals surface area contributed by atoms with Crippen molar-refractivity contribution in [1.82, 2.24) is 9.62 Å². The summed E-state index contributed by atoms with van der Waals surface area (Å²) in [7, 11) is -3.49. The topological polar surface area (TPSA) is 49.4 Å². The lowest BCUT2D eigenvalue weighted by molar-refractivity contribution is 0.335. The highest BCUT2D eigenvalue weighted by Crippen LogP contribution is 2.28. The molecule has 0 radical (unpaired) electrons. The number of piperidine rings is 1. The molecule has 0 aromatic heterocycles. The molecule has 3 atom stereocenters. The standard InChI is InChI=1S/C13H17FN2O2S/c14-7-10-1-3-12(4-2-10)19(17,18)15-13-9-16-6-5-11(13)8-16/h1-4,11,13,15H,5-9H2. The number of halogens is 1. The van der Waals surface area contributed by atoms with Crippen LogP contribution < -0.4 is 4.72 Å². The van der Waals surface area contributed by atoms with Crippen molar-refractivity contribution >= 4 is 10.0 Å². The summed E-state index contributed by atoms with van der Waals surface area (Å²) in [4.78, 5) is 2.49. The Morgan fingerprint density at radius 1 is 1.26 bits per heavy atom. The van der Waals surface area contributed by atoms with Crippen LogP contribution in [0.5, 0.6) is 0 Å². The molecule has 0 aliphatic carbocycles. The van der Waals surface area contributed by atoms with Crippen LogP contribution in [0.25, 0.3) is 0 Å². The quantitative estimate of drug-likeness (QED) is 0.902. The fourth-order valence-electron chi connectivity index (χ4n) is 2.94. The van der Waals surface area contributed by atoms with Crippen LogP contribution in [-0.4, -0.2) is 39.0 Å². The van der Waals surface area contributed by atoms with Gasteiger partial charge in [-0.15, -0.1) is 0 Å². The lowest BCUT2D eigenvalue weighted by Gasteiger charge is -2.23. The van der Waals surface area contributed by atoms with Gasteiger partial charge in [-0.3, -0.25) is 0 Å². The molecule has 3 unspecified atom stereocenters. The summed E-state index contributed by atoms with van der Waals surface area (Å²) in [6.45, 7) is 2.29. The molecule has 4 nitrogen and oxygen atoms in total. The molecule has 2 saturated heterocycles. The fraction of sp³-hybridized carbons (Fsp3) is 0.538. The Balaban J connectivity index is 1.75. The van der Waals surface area contributed by atoms with E-state index in [4.69, 9.17) is 0 Å². The average Bonchev–Trinajstić information content (AvgIpc) is 3.00. The molecule has 104 valence electrons. The molecule has 1 aromatic carbocycles. The van der Waals surface area contributed by atoms with Crippen molar-refractivity contribution in [3.05, 3.63) is 29.8 Å². The molecule has 0 amide bonds. The van der Waals surface area contributed by atoms with E-state index in [1.807, 2.05) is 0 Å². The summed E-state index contributed by atoms with van der Waals surface area (Å²) in [5.41, 5.74) is 0.491. The molecule has 2 aliphatic heterocycles. The van der Waals surface area contributed by atoms with E-state index in [1.165, 1.54) is 24.3 Å². The number of sulfonamides is 1. The van der Waals surface area contributed by atoms with Gasteiger partial charge in [0.2, 0.25) is 10.0 Å². The van der Waals surface area contributed by atoms with Gasteiger partial charge in [-0.2, -0.15) is 0 Å². The average molecular weight is 284 g/mol. The van der Waals surface area contributed by atoms with Crippen LogP contribution in [0.3, 0.4) is 0 Å². The molecule has 0 spiro atoms. The minimum absolute atomic E-state index is 0.0135. The summed E-state index contributed by atoms with van der Waals surface area (Å²) in [6, 6.07) is 5.97.